The SMILES string of the molecule is COCC(=O)N1CCC[C@@H](NC(=O)c2c[nH]c3c(-c4cc(OC)c(F)cc4OCC4CC4)ncnc23)C1. The van der Waals surface area contributed by atoms with E-state index in [1.54, 1.807) is 17.2 Å². The molecule has 37 heavy (non-hydrogen) atoms. The van der Waals surface area contributed by atoms with Crippen LogP contribution in [0.1, 0.15) is 36.0 Å². The van der Waals surface area contributed by atoms with E-state index in [-0.39, 0.29) is 30.2 Å². The minimum Gasteiger partial charge on any atom is -0.494 e. The molecule has 1 aliphatic carbocycles. The van der Waals surface area contributed by atoms with E-state index < -0.39 is 5.82 Å². The Hall–Kier alpha value is -3.73. The molecule has 3 aromatic rings. The van der Waals surface area contributed by atoms with Crippen molar-refractivity contribution in [3.05, 3.63) is 36.0 Å². The Labute approximate surface area is 213 Å². The third kappa shape index (κ3) is 5.36. The van der Waals surface area contributed by atoms with Crippen LogP contribution in [0.5, 0.6) is 11.5 Å². The van der Waals surface area contributed by atoms with Crippen molar-refractivity contribution in [2.45, 2.75) is 31.7 Å². The first-order valence-corrected chi connectivity index (χ1v) is 12.4. The first-order chi connectivity index (χ1) is 18.0. The van der Waals surface area contributed by atoms with Gasteiger partial charge < -0.3 is 29.4 Å². The largest absolute Gasteiger partial charge is 0.494 e. The maximum Gasteiger partial charge on any atom is 0.255 e. The van der Waals surface area contributed by atoms with Gasteiger partial charge in [0.25, 0.3) is 5.91 Å². The van der Waals surface area contributed by atoms with Crippen LogP contribution in [-0.4, -0.2) is 78.2 Å². The van der Waals surface area contributed by atoms with Crippen molar-refractivity contribution in [2.75, 3.05) is 40.5 Å². The number of rotatable bonds is 9. The second-order valence-electron chi connectivity index (χ2n) is 9.47. The van der Waals surface area contributed by atoms with Gasteiger partial charge in [-0.25, -0.2) is 14.4 Å². The van der Waals surface area contributed by atoms with Crippen molar-refractivity contribution in [3.8, 4) is 22.8 Å². The van der Waals surface area contributed by atoms with E-state index in [9.17, 15) is 14.0 Å². The first-order valence-electron chi connectivity index (χ1n) is 12.4. The van der Waals surface area contributed by atoms with Gasteiger partial charge in [0.15, 0.2) is 11.6 Å². The summed E-state index contributed by atoms with van der Waals surface area (Å²) >= 11 is 0. The van der Waals surface area contributed by atoms with Gasteiger partial charge in [-0.1, -0.05) is 0 Å². The number of nitrogens with one attached hydrogen (secondary N) is 2. The number of H-pyrrole nitrogens is 1. The Morgan fingerprint density at radius 1 is 1.19 bits per heavy atom. The number of aromatic amines is 1. The van der Waals surface area contributed by atoms with Crippen LogP contribution in [0.15, 0.2) is 24.7 Å². The monoisotopic (exact) mass is 511 g/mol. The zero-order valence-corrected chi connectivity index (χ0v) is 20.9. The number of ether oxygens (including phenoxy) is 3. The number of likely N-dealkylation sites (tertiary alicyclic amines) is 1. The Kier molecular flexibility index (Phi) is 7.22. The predicted octanol–water partition coefficient (Wildman–Crippen LogP) is 2.93. The van der Waals surface area contributed by atoms with E-state index in [0.29, 0.717) is 59.2 Å². The number of halogens is 1. The third-order valence-corrected chi connectivity index (χ3v) is 6.77. The lowest BCUT2D eigenvalue weighted by molar-refractivity contribution is -0.136. The van der Waals surface area contributed by atoms with Crippen molar-refractivity contribution >= 4 is 22.8 Å². The highest BCUT2D eigenvalue weighted by molar-refractivity contribution is 6.08. The molecular weight excluding hydrogens is 481 g/mol. The van der Waals surface area contributed by atoms with Crippen LogP contribution in [0.3, 0.4) is 0 Å². The van der Waals surface area contributed by atoms with Crippen LogP contribution in [0.2, 0.25) is 0 Å². The lowest BCUT2D eigenvalue weighted by Gasteiger charge is -2.33. The summed E-state index contributed by atoms with van der Waals surface area (Å²) < 4.78 is 30.6. The third-order valence-electron chi connectivity index (χ3n) is 6.77. The van der Waals surface area contributed by atoms with Crippen LogP contribution in [0.4, 0.5) is 4.39 Å². The maximum atomic E-state index is 14.5. The number of carbonyl (C=O) groups excluding carboxylic acids is 2. The van der Waals surface area contributed by atoms with Gasteiger partial charge in [-0.3, -0.25) is 9.59 Å². The highest BCUT2D eigenvalue weighted by Crippen LogP contribution is 2.39. The van der Waals surface area contributed by atoms with E-state index in [1.807, 2.05) is 0 Å². The molecular formula is C26H30FN5O5. The van der Waals surface area contributed by atoms with E-state index >= 15 is 0 Å². The van der Waals surface area contributed by atoms with Crippen LogP contribution in [0.25, 0.3) is 22.3 Å². The van der Waals surface area contributed by atoms with Gasteiger partial charge in [-0.15, -0.1) is 0 Å². The molecule has 1 saturated heterocycles. The summed E-state index contributed by atoms with van der Waals surface area (Å²) in [5.74, 6) is -0.0305. The fourth-order valence-electron chi connectivity index (χ4n) is 4.60. The van der Waals surface area contributed by atoms with Crippen LogP contribution in [-0.2, 0) is 9.53 Å². The molecule has 5 rings (SSSR count). The highest BCUT2D eigenvalue weighted by Gasteiger charge is 2.27. The summed E-state index contributed by atoms with van der Waals surface area (Å²) in [6, 6.07) is 2.67. The summed E-state index contributed by atoms with van der Waals surface area (Å²) in [7, 11) is 2.88. The summed E-state index contributed by atoms with van der Waals surface area (Å²) in [5, 5.41) is 3.03. The smallest absolute Gasteiger partial charge is 0.255 e. The second-order valence-corrected chi connectivity index (χ2v) is 9.47. The molecule has 10 nitrogen and oxygen atoms in total. The van der Waals surface area contributed by atoms with E-state index in [2.05, 4.69) is 20.3 Å². The van der Waals surface area contributed by atoms with E-state index in [0.717, 1.165) is 25.7 Å². The Balaban J connectivity index is 1.41. The number of fused-ring (bicyclic) bond motifs is 1. The van der Waals surface area contributed by atoms with Crippen LogP contribution >= 0.6 is 0 Å². The molecule has 0 unspecified atom stereocenters. The van der Waals surface area contributed by atoms with Crippen molar-refractivity contribution in [3.63, 3.8) is 0 Å². The number of nitrogens with zero attached hydrogens (tertiary/aromatic N) is 3. The average molecular weight is 512 g/mol. The number of benzene rings is 1. The Morgan fingerprint density at radius 2 is 2.03 bits per heavy atom. The minimum absolute atomic E-state index is 0.0172. The number of carbonyl (C=O) groups is 2. The lowest BCUT2D eigenvalue weighted by Crippen LogP contribution is -2.50. The minimum atomic E-state index is -0.528. The zero-order chi connectivity index (χ0) is 25.9. The number of hydrogen-bond donors (Lipinski definition) is 2. The van der Waals surface area contributed by atoms with Crippen molar-refractivity contribution in [2.24, 2.45) is 5.92 Å². The van der Waals surface area contributed by atoms with Gasteiger partial charge in [-0.2, -0.15) is 0 Å². The van der Waals surface area contributed by atoms with Gasteiger partial charge >= 0.3 is 0 Å². The Morgan fingerprint density at radius 3 is 2.78 bits per heavy atom. The molecule has 11 heteroatoms. The molecule has 1 atom stereocenters. The molecule has 0 bridgehead atoms. The van der Waals surface area contributed by atoms with Gasteiger partial charge in [0.1, 0.15) is 29.9 Å². The highest BCUT2D eigenvalue weighted by atomic mass is 19.1. The zero-order valence-electron chi connectivity index (χ0n) is 20.9. The van der Waals surface area contributed by atoms with Gasteiger partial charge in [-0.05, 0) is 37.7 Å². The van der Waals surface area contributed by atoms with Gasteiger partial charge in [0, 0.05) is 44.1 Å². The van der Waals surface area contributed by atoms with Gasteiger partial charge in [0.2, 0.25) is 5.91 Å². The lowest BCUT2D eigenvalue weighted by atomic mass is 10.0. The molecule has 1 aromatic carbocycles. The number of methoxy groups -OCH3 is 2. The summed E-state index contributed by atoms with van der Waals surface area (Å²) in [6.45, 7) is 1.58. The number of aromatic nitrogens is 3. The molecule has 0 radical (unpaired) electrons. The summed E-state index contributed by atoms with van der Waals surface area (Å²) in [6.07, 6.45) is 6.70. The normalized spacial score (nSPS) is 17.6. The number of piperidine rings is 1. The average Bonchev–Trinajstić information content (AvgIpc) is 3.63. The molecule has 2 aliphatic rings. The molecule has 3 heterocycles. The molecule has 1 saturated carbocycles. The van der Waals surface area contributed by atoms with Gasteiger partial charge in [0.05, 0.1) is 24.8 Å². The van der Waals surface area contributed by atoms with Crippen LogP contribution in [0, 0.1) is 11.7 Å². The van der Waals surface area contributed by atoms with Crippen molar-refractivity contribution in [1.82, 2.24) is 25.2 Å². The maximum absolute atomic E-state index is 14.5. The fourth-order valence-corrected chi connectivity index (χ4v) is 4.60. The quantitative estimate of drug-likeness (QED) is 0.453. The molecule has 196 valence electrons. The number of hydrogen-bond acceptors (Lipinski definition) is 7. The topological polar surface area (TPSA) is 119 Å². The fraction of sp³-hybridized carbons (Fsp3) is 0.462. The van der Waals surface area contributed by atoms with E-state index in [1.165, 1.54) is 26.6 Å². The number of amides is 2. The summed E-state index contributed by atoms with van der Waals surface area (Å²) in [4.78, 5) is 39.0. The first kappa shape index (κ1) is 24.9. The molecule has 2 amide bonds. The molecule has 2 N–H and O–H groups in total. The Bertz CT molecular complexity index is 1310. The molecule has 0 spiro atoms. The second kappa shape index (κ2) is 10.7. The van der Waals surface area contributed by atoms with Crippen molar-refractivity contribution < 1.29 is 28.2 Å². The molecule has 1 aliphatic heterocycles. The predicted molar refractivity (Wildman–Crippen MR) is 133 cm³/mol. The standard InChI is InChI=1S/C26H30FN5O5/c1-35-13-22(33)32-7-3-4-16(11-32)31-26(34)18-10-28-25-23(29-14-30-24(18)25)17-8-21(36-2)19(27)9-20(17)37-12-15-5-6-15/h8-10,14-16,28H,3-7,11-13H2,1-2H3,(H,31,34)/t16-/m1/s1. The molecule has 2 aromatic heterocycles. The van der Waals surface area contributed by atoms with Crippen molar-refractivity contribution in [1.29, 1.82) is 0 Å². The van der Waals surface area contributed by atoms with Crippen LogP contribution < -0.4 is 14.8 Å². The molecule has 2 fully saturated rings. The summed E-state index contributed by atoms with van der Waals surface area (Å²) in [5.41, 5.74) is 2.33. The van der Waals surface area contributed by atoms with E-state index in [4.69, 9.17) is 14.2 Å².